The van der Waals surface area contributed by atoms with Crippen LogP contribution in [0.1, 0.15) is 56.0 Å². The molecule has 1 aliphatic carbocycles. The minimum absolute atomic E-state index is 0.0514. The molecule has 0 saturated carbocycles. The van der Waals surface area contributed by atoms with Gasteiger partial charge in [0.1, 0.15) is 40.1 Å². The third kappa shape index (κ3) is 5.26. The summed E-state index contributed by atoms with van der Waals surface area (Å²) >= 11 is 0. The Hall–Kier alpha value is -4.91. The fraction of sp³-hybridized carbons (Fsp3) is 0.229. The van der Waals surface area contributed by atoms with E-state index in [9.17, 15) is 30.3 Å². The number of phenolic OH excluding ortho intramolecular Hbond substituents is 5. The number of carbonyl (C=O) groups excluding carboxylic acids is 1. The van der Waals surface area contributed by atoms with Crippen LogP contribution in [-0.4, -0.2) is 31.3 Å². The number of fused-ring (bicyclic) bond motifs is 1. The molecule has 3 atom stereocenters. The first-order valence-electron chi connectivity index (χ1n) is 13.8. The Morgan fingerprint density at radius 1 is 0.881 bits per heavy atom. The average molecular weight is 567 g/mol. The lowest BCUT2D eigenvalue weighted by Gasteiger charge is -2.38. The third-order valence-electron chi connectivity index (χ3n) is 7.96. The molecular formula is C35H34O7. The van der Waals surface area contributed by atoms with Crippen molar-refractivity contribution in [2.45, 2.75) is 40.0 Å². The van der Waals surface area contributed by atoms with Crippen LogP contribution in [0.5, 0.6) is 28.7 Å². The van der Waals surface area contributed by atoms with Gasteiger partial charge in [0.25, 0.3) is 0 Å². The molecule has 7 nitrogen and oxygen atoms in total. The Morgan fingerprint density at radius 2 is 1.55 bits per heavy atom. The number of Topliss-reactive ketones (excluding diaryl/α,β-unsaturated/α-hetero) is 1. The Morgan fingerprint density at radius 3 is 2.19 bits per heavy atom. The maximum Gasteiger partial charge on any atom is 0.171 e. The van der Waals surface area contributed by atoms with Crippen molar-refractivity contribution in [3.63, 3.8) is 0 Å². The van der Waals surface area contributed by atoms with Crippen LogP contribution >= 0.6 is 0 Å². The van der Waals surface area contributed by atoms with Crippen molar-refractivity contribution in [1.29, 1.82) is 0 Å². The second kappa shape index (κ2) is 11.2. The molecule has 7 heteroatoms. The van der Waals surface area contributed by atoms with Gasteiger partial charge in [-0.15, -0.1) is 0 Å². The Kier molecular flexibility index (Phi) is 7.61. The standard InChI is InChI=1S/C35H34O7/c1-5-6-24(18(2)3)26-11-19(4)12-27(33(26)35(41)25-10-9-22(36)16-28(25)38)34-29(39)13-21(14-30(34)40)31-15-20-7-8-23(37)17-32(20)42-31/h5-10,12-17,26-27,33,36-40H,11H2,1-4H3. The lowest BCUT2D eigenvalue weighted by molar-refractivity contribution is 0.0861. The van der Waals surface area contributed by atoms with Crippen LogP contribution in [0.15, 0.2) is 94.0 Å². The first-order chi connectivity index (χ1) is 20.0. The van der Waals surface area contributed by atoms with Crippen LogP contribution in [0.25, 0.3) is 22.3 Å². The molecule has 1 aliphatic rings. The number of ketones is 1. The lowest BCUT2D eigenvalue weighted by Crippen LogP contribution is -2.34. The summed E-state index contributed by atoms with van der Waals surface area (Å²) < 4.78 is 5.88. The van der Waals surface area contributed by atoms with Crippen molar-refractivity contribution >= 4 is 16.8 Å². The second-order valence-corrected chi connectivity index (χ2v) is 11.2. The number of hydrogen-bond acceptors (Lipinski definition) is 7. The molecule has 0 fully saturated rings. The second-order valence-electron chi connectivity index (χ2n) is 11.2. The highest BCUT2D eigenvalue weighted by molar-refractivity contribution is 6.02. The number of rotatable bonds is 6. The fourth-order valence-electron chi connectivity index (χ4n) is 6.13. The summed E-state index contributed by atoms with van der Waals surface area (Å²) in [7, 11) is 0. The van der Waals surface area contributed by atoms with E-state index in [1.807, 2.05) is 45.9 Å². The van der Waals surface area contributed by atoms with Gasteiger partial charge in [-0.2, -0.15) is 0 Å². The molecule has 1 aromatic heterocycles. The van der Waals surface area contributed by atoms with E-state index in [-0.39, 0.29) is 51.6 Å². The van der Waals surface area contributed by atoms with Crippen LogP contribution in [0.2, 0.25) is 0 Å². The summed E-state index contributed by atoms with van der Waals surface area (Å²) in [6.07, 6.45) is 6.37. The van der Waals surface area contributed by atoms with Crippen molar-refractivity contribution in [3.8, 4) is 40.1 Å². The van der Waals surface area contributed by atoms with Gasteiger partial charge in [-0.05, 0) is 88.1 Å². The first-order valence-corrected chi connectivity index (χ1v) is 13.8. The molecule has 0 aliphatic heterocycles. The number of hydrogen-bond donors (Lipinski definition) is 5. The number of carbonyl (C=O) groups is 1. The molecule has 42 heavy (non-hydrogen) atoms. The number of aromatic hydroxyl groups is 5. The van der Waals surface area contributed by atoms with E-state index in [2.05, 4.69) is 0 Å². The van der Waals surface area contributed by atoms with E-state index < -0.39 is 11.8 Å². The van der Waals surface area contributed by atoms with E-state index in [1.54, 1.807) is 18.2 Å². The molecule has 216 valence electrons. The van der Waals surface area contributed by atoms with Gasteiger partial charge in [0, 0.05) is 40.5 Å². The van der Waals surface area contributed by atoms with Crippen LogP contribution in [0.4, 0.5) is 0 Å². The molecule has 0 radical (unpaired) electrons. The molecule has 0 saturated heterocycles. The monoisotopic (exact) mass is 566 g/mol. The highest BCUT2D eigenvalue weighted by atomic mass is 16.3. The normalized spacial score (nSPS) is 18.8. The predicted molar refractivity (Wildman–Crippen MR) is 162 cm³/mol. The number of benzene rings is 3. The van der Waals surface area contributed by atoms with Crippen molar-refractivity contribution in [2.24, 2.45) is 11.8 Å². The molecular weight excluding hydrogens is 532 g/mol. The maximum absolute atomic E-state index is 14.3. The Balaban J connectivity index is 1.67. The number of allylic oxidation sites excluding steroid dienone is 6. The van der Waals surface area contributed by atoms with Gasteiger partial charge in [0.2, 0.25) is 0 Å². The van der Waals surface area contributed by atoms with Crippen LogP contribution in [0.3, 0.4) is 0 Å². The predicted octanol–water partition coefficient (Wildman–Crippen LogP) is 8.09. The Bertz CT molecular complexity index is 1760. The quantitative estimate of drug-likeness (QED) is 0.0905. The zero-order valence-electron chi connectivity index (χ0n) is 23.9. The zero-order chi connectivity index (χ0) is 30.3. The summed E-state index contributed by atoms with van der Waals surface area (Å²) in [4.78, 5) is 14.3. The van der Waals surface area contributed by atoms with Gasteiger partial charge >= 0.3 is 0 Å². The van der Waals surface area contributed by atoms with E-state index in [0.29, 0.717) is 23.3 Å². The topological polar surface area (TPSA) is 131 Å². The fourth-order valence-corrected chi connectivity index (χ4v) is 6.13. The van der Waals surface area contributed by atoms with E-state index in [1.165, 1.54) is 30.3 Å². The van der Waals surface area contributed by atoms with Crippen LogP contribution in [-0.2, 0) is 0 Å². The summed E-state index contributed by atoms with van der Waals surface area (Å²) in [5, 5.41) is 53.8. The van der Waals surface area contributed by atoms with E-state index in [0.717, 1.165) is 28.2 Å². The van der Waals surface area contributed by atoms with Crippen molar-refractivity contribution in [3.05, 3.63) is 101 Å². The van der Waals surface area contributed by atoms with Gasteiger partial charge in [-0.3, -0.25) is 4.79 Å². The van der Waals surface area contributed by atoms with Gasteiger partial charge < -0.3 is 29.9 Å². The molecule has 3 aromatic carbocycles. The minimum atomic E-state index is -0.790. The molecule has 0 amide bonds. The maximum atomic E-state index is 14.3. The highest BCUT2D eigenvalue weighted by Gasteiger charge is 2.42. The van der Waals surface area contributed by atoms with E-state index >= 15 is 0 Å². The van der Waals surface area contributed by atoms with Gasteiger partial charge in [-0.1, -0.05) is 29.4 Å². The van der Waals surface area contributed by atoms with Crippen LogP contribution < -0.4 is 0 Å². The zero-order valence-corrected chi connectivity index (χ0v) is 23.9. The molecule has 1 heterocycles. The summed E-state index contributed by atoms with van der Waals surface area (Å²) in [5.74, 6) is -2.67. The van der Waals surface area contributed by atoms with Gasteiger partial charge in [0.15, 0.2) is 5.78 Å². The first kappa shape index (κ1) is 28.6. The van der Waals surface area contributed by atoms with Crippen molar-refractivity contribution in [2.75, 3.05) is 0 Å². The Labute approximate surface area is 244 Å². The molecule has 5 N–H and O–H groups in total. The molecule has 4 aromatic rings. The summed E-state index contributed by atoms with van der Waals surface area (Å²) in [6.45, 7) is 7.83. The average Bonchev–Trinajstić information content (AvgIpc) is 3.34. The number of phenols is 5. The molecule has 5 rings (SSSR count). The SMILES string of the molecule is CC=CC(=C(C)C)C1CC(C)=CC(c2c(O)cc(-c3cc4ccc(O)cc4o3)cc2O)C1C(=O)c1ccc(O)cc1O. The molecule has 0 bridgehead atoms. The molecule has 0 spiro atoms. The highest BCUT2D eigenvalue weighted by Crippen LogP contribution is 2.51. The summed E-state index contributed by atoms with van der Waals surface area (Å²) in [5.41, 5.74) is 4.12. The number of furan rings is 1. The van der Waals surface area contributed by atoms with Crippen LogP contribution in [0, 0.1) is 11.8 Å². The summed E-state index contributed by atoms with van der Waals surface area (Å²) in [6, 6.07) is 13.4. The lowest BCUT2D eigenvalue weighted by atomic mass is 9.64. The van der Waals surface area contributed by atoms with Gasteiger partial charge in [0.05, 0.1) is 5.56 Å². The minimum Gasteiger partial charge on any atom is -0.508 e. The molecule has 3 unspecified atom stereocenters. The van der Waals surface area contributed by atoms with Crippen molar-refractivity contribution in [1.82, 2.24) is 0 Å². The van der Waals surface area contributed by atoms with Gasteiger partial charge in [-0.25, -0.2) is 0 Å². The largest absolute Gasteiger partial charge is 0.508 e. The van der Waals surface area contributed by atoms with Crippen molar-refractivity contribution < 1.29 is 34.7 Å². The third-order valence-corrected chi connectivity index (χ3v) is 7.96. The smallest absolute Gasteiger partial charge is 0.171 e. The van der Waals surface area contributed by atoms with E-state index in [4.69, 9.17) is 4.42 Å².